The molecular formula is C78H66O42. The molecule has 0 aliphatic heterocycles. The van der Waals surface area contributed by atoms with Crippen LogP contribution in [0.25, 0.3) is 0 Å². The van der Waals surface area contributed by atoms with Crippen LogP contribution in [-0.2, 0) is 86.3 Å². The Labute approximate surface area is 675 Å². The van der Waals surface area contributed by atoms with Gasteiger partial charge in [-0.1, -0.05) is 0 Å². The number of benzene rings is 7. The van der Waals surface area contributed by atoms with Gasteiger partial charge in [0.2, 0.25) is 63.2 Å². The fourth-order valence-electron chi connectivity index (χ4n) is 9.78. The van der Waals surface area contributed by atoms with Crippen molar-refractivity contribution in [1.82, 2.24) is 0 Å². The number of rotatable bonds is 30. The molecule has 42 nitrogen and oxygen atoms in total. The molecule has 0 unspecified atom stereocenters. The molecule has 7 aromatic rings. The topological polar surface area (TPSA) is 529 Å². The van der Waals surface area contributed by atoms with Crippen molar-refractivity contribution in [3.63, 3.8) is 0 Å². The van der Waals surface area contributed by atoms with Gasteiger partial charge in [0.15, 0.2) is 80.5 Å². The summed E-state index contributed by atoms with van der Waals surface area (Å²) >= 11 is 0. The summed E-state index contributed by atoms with van der Waals surface area (Å²) in [5.41, 5.74) is 0. The van der Waals surface area contributed by atoms with Crippen LogP contribution in [0.5, 0.6) is 172 Å². The van der Waals surface area contributed by atoms with Crippen LogP contribution in [0, 0.1) is 0 Å². The van der Waals surface area contributed by atoms with Crippen LogP contribution in [-0.4, -0.2) is 107 Å². The van der Waals surface area contributed by atoms with Gasteiger partial charge in [-0.2, -0.15) is 0 Å². The van der Waals surface area contributed by atoms with Crippen molar-refractivity contribution < 1.29 is 200 Å². The van der Waals surface area contributed by atoms with Gasteiger partial charge in [-0.05, 0) is 0 Å². The highest BCUT2D eigenvalue weighted by molar-refractivity contribution is 5.87. The van der Waals surface area contributed by atoms with Crippen molar-refractivity contribution in [2.45, 2.75) is 125 Å². The van der Waals surface area contributed by atoms with Gasteiger partial charge in [0.05, 0.1) is 0 Å². The molecule has 0 aliphatic carbocycles. The minimum atomic E-state index is -1.29. The van der Waals surface area contributed by atoms with E-state index in [2.05, 4.69) is 0 Å². The van der Waals surface area contributed by atoms with Crippen molar-refractivity contribution in [3.05, 3.63) is 72.8 Å². The third kappa shape index (κ3) is 25.9. The Morgan fingerprint density at radius 2 is 0.275 bits per heavy atom. The molecule has 0 heterocycles. The molecule has 0 amide bonds. The zero-order chi connectivity index (χ0) is 89.2. The van der Waals surface area contributed by atoms with E-state index < -0.39 is 274 Å². The summed E-state index contributed by atoms with van der Waals surface area (Å²) in [6, 6.07) is 9.98. The molecule has 0 atom stereocenters. The molecule has 0 N–H and O–H groups in total. The maximum Gasteiger partial charge on any atom is 0.308 e. The van der Waals surface area contributed by atoms with Crippen LogP contribution >= 0.6 is 0 Å². The predicted octanol–water partition coefficient (Wildman–Crippen LogP) is 11.1. The van der Waals surface area contributed by atoms with Crippen molar-refractivity contribution in [3.8, 4) is 172 Å². The lowest BCUT2D eigenvalue weighted by Gasteiger charge is -2.23. The van der Waals surface area contributed by atoms with Gasteiger partial charge >= 0.3 is 107 Å². The molecule has 0 fully saturated rings. The first kappa shape index (κ1) is 91.0. The lowest BCUT2D eigenvalue weighted by Crippen LogP contribution is -2.13. The van der Waals surface area contributed by atoms with E-state index in [0.29, 0.717) is 12.1 Å². The fourth-order valence-corrected chi connectivity index (χ4v) is 9.78. The molecule has 630 valence electrons. The summed E-state index contributed by atoms with van der Waals surface area (Å²) in [6.07, 6.45) is 0. The van der Waals surface area contributed by atoms with E-state index in [-0.39, 0.29) is 5.75 Å². The number of carbonyl (C=O) groups excluding carboxylic acids is 18. The summed E-state index contributed by atoms with van der Waals surface area (Å²) < 4.78 is 136. The smallest absolute Gasteiger partial charge is 0.308 e. The van der Waals surface area contributed by atoms with Gasteiger partial charge in [-0.3, -0.25) is 86.3 Å². The number of carbonyl (C=O) groups is 18. The van der Waals surface area contributed by atoms with Gasteiger partial charge in [-0.25, -0.2) is 0 Å². The van der Waals surface area contributed by atoms with Gasteiger partial charge in [0.1, 0.15) is 28.7 Å². The summed E-state index contributed by atoms with van der Waals surface area (Å²) in [5, 5.41) is 0. The second-order valence-corrected chi connectivity index (χ2v) is 23.8. The Bertz CT molecular complexity index is 5320. The number of esters is 18. The molecule has 0 aromatic heterocycles. The summed E-state index contributed by atoms with van der Waals surface area (Å²) in [6.45, 7) is 15.8. The molecule has 0 aliphatic rings. The normalized spacial score (nSPS) is 10.3. The Morgan fingerprint density at radius 1 is 0.125 bits per heavy atom. The summed E-state index contributed by atoms with van der Waals surface area (Å²) in [5.74, 6) is -44.8. The molecule has 0 spiro atoms. The number of hydrogen-bond donors (Lipinski definition) is 0. The van der Waals surface area contributed by atoms with E-state index in [0.717, 1.165) is 185 Å². The second-order valence-electron chi connectivity index (χ2n) is 23.8. The third-order valence-corrected chi connectivity index (χ3v) is 13.1. The van der Waals surface area contributed by atoms with E-state index in [1.807, 2.05) is 0 Å². The number of hydrogen-bond acceptors (Lipinski definition) is 42. The SMILES string of the molecule is CC(=O)Oc1cc(OC(C)=O)c(Oc2cc(OC(C)=O)c(Oc3cc(OC(C)=O)c(OC(C)=O)c(OC(C)=O)c3Oc3cc(OC(C)=O)c(Oc4cc(OC(C)=O)c(OC(C)=O)c(OC(C)=O)c4Oc4cc(OC(C)=O)c(OC(C)=O)c(Oc5cc(OC(C)=O)c(OC(C)=O)c(OC(C)=O)c5)c4)c(OC(C)=O)c3)c(OC(C)=O)c2)c(OC(C)=O)c1. The zero-order valence-corrected chi connectivity index (χ0v) is 66.1. The van der Waals surface area contributed by atoms with Crippen molar-refractivity contribution >= 4 is 107 Å². The summed E-state index contributed by atoms with van der Waals surface area (Å²) in [4.78, 5) is 233. The highest BCUT2D eigenvalue weighted by Crippen LogP contribution is 2.60. The minimum absolute atomic E-state index is 0.352. The highest BCUT2D eigenvalue weighted by atomic mass is 16.7. The van der Waals surface area contributed by atoms with Crippen molar-refractivity contribution in [2.24, 2.45) is 0 Å². The van der Waals surface area contributed by atoms with E-state index in [1.165, 1.54) is 0 Å². The average Bonchev–Trinajstić information content (AvgIpc) is 0.765. The average molecular weight is 1680 g/mol. The highest BCUT2D eigenvalue weighted by Gasteiger charge is 2.37. The van der Waals surface area contributed by atoms with Crippen LogP contribution in [0.4, 0.5) is 0 Å². The first-order valence-electron chi connectivity index (χ1n) is 33.9. The Kier molecular flexibility index (Phi) is 30.1. The Balaban J connectivity index is 1.59. The molecule has 120 heavy (non-hydrogen) atoms. The fraction of sp³-hybridized carbons (Fsp3) is 0.231. The molecule has 0 radical (unpaired) electrons. The molecular weight excluding hydrogens is 1610 g/mol. The van der Waals surface area contributed by atoms with Gasteiger partial charge < -0.3 is 114 Å². The summed E-state index contributed by atoms with van der Waals surface area (Å²) in [7, 11) is 0. The first-order valence-corrected chi connectivity index (χ1v) is 33.9. The number of ether oxygens (including phenoxy) is 24. The van der Waals surface area contributed by atoms with Crippen molar-refractivity contribution in [1.29, 1.82) is 0 Å². The van der Waals surface area contributed by atoms with E-state index in [9.17, 15) is 86.3 Å². The molecule has 0 bridgehead atoms. The third-order valence-electron chi connectivity index (χ3n) is 13.1. The zero-order valence-electron chi connectivity index (χ0n) is 66.1. The van der Waals surface area contributed by atoms with Gasteiger partial charge in [0, 0.05) is 197 Å². The molecule has 7 aromatic carbocycles. The monoisotopic (exact) mass is 1670 g/mol. The lowest BCUT2D eigenvalue weighted by atomic mass is 10.2. The molecule has 0 saturated carbocycles. The predicted molar refractivity (Wildman–Crippen MR) is 389 cm³/mol. The molecule has 7 rings (SSSR count). The van der Waals surface area contributed by atoms with Gasteiger partial charge in [-0.15, -0.1) is 0 Å². The van der Waals surface area contributed by atoms with E-state index in [4.69, 9.17) is 114 Å². The first-order chi connectivity index (χ1) is 56.2. The van der Waals surface area contributed by atoms with Crippen LogP contribution in [0.2, 0.25) is 0 Å². The Morgan fingerprint density at radius 3 is 0.508 bits per heavy atom. The quantitative estimate of drug-likeness (QED) is 0.0298. The van der Waals surface area contributed by atoms with E-state index >= 15 is 0 Å². The maximum atomic E-state index is 13.5. The van der Waals surface area contributed by atoms with Crippen LogP contribution in [0.1, 0.15) is 125 Å². The standard InChI is InChI=1S/C78H66O42/c1-31(79)97-49-19-57(101-35(5)83)70(58(20-49)102-36(6)84)116-51-23-59(103-37(7)85)71(60(24-51)104-38(8)86)119-66-29-64(107-41(11)89)73(111-45(15)93)77(113-47(17)95)75(66)117-52-26-61(105-39(9)87)72(62(27-52)106-40(10)88)120-67-30-65(108-42(12)90)74(112-46(16)94)78(114-48(18)96)76(67)118-53-25-56(100-34(4)82)69(110-44(14)92)63(28-53)115-50-21-54(98-32(2)80)68(109-43(13)91)55(22-50)99-33(3)81/h19-30H,1-18H3. The molecule has 42 heteroatoms. The van der Waals surface area contributed by atoms with Gasteiger partial charge in [0.25, 0.3) is 0 Å². The minimum Gasteiger partial charge on any atom is -0.453 e. The Hall–Kier alpha value is -16.2. The second kappa shape index (κ2) is 39.7. The van der Waals surface area contributed by atoms with Crippen LogP contribution < -0.4 is 114 Å². The van der Waals surface area contributed by atoms with Crippen LogP contribution in [0.15, 0.2) is 72.8 Å². The lowest BCUT2D eigenvalue weighted by molar-refractivity contribution is -0.135. The van der Waals surface area contributed by atoms with E-state index in [1.54, 1.807) is 0 Å². The van der Waals surface area contributed by atoms with Crippen molar-refractivity contribution in [2.75, 3.05) is 0 Å². The maximum absolute atomic E-state index is 13.5. The largest absolute Gasteiger partial charge is 0.453 e. The molecule has 0 saturated heterocycles. The van der Waals surface area contributed by atoms with Crippen LogP contribution in [0.3, 0.4) is 0 Å².